The molecule has 1 aliphatic rings. The Morgan fingerprint density at radius 3 is 2.48 bits per heavy atom. The number of hydrogen-bond donors (Lipinski definition) is 1. The lowest BCUT2D eigenvalue weighted by molar-refractivity contribution is -0.153. The maximum absolute atomic E-state index is 12.9. The maximum atomic E-state index is 12.9. The van der Waals surface area contributed by atoms with Crippen LogP contribution in [0.4, 0.5) is 5.69 Å². The summed E-state index contributed by atoms with van der Waals surface area (Å²) < 4.78 is 10.5. The number of carbonyl (C=O) groups excluding carboxylic acids is 2. The van der Waals surface area contributed by atoms with Gasteiger partial charge in [-0.3, -0.25) is 9.59 Å². The van der Waals surface area contributed by atoms with Crippen LogP contribution < -0.4 is 10.1 Å². The first kappa shape index (κ1) is 19.2. The van der Waals surface area contributed by atoms with Crippen LogP contribution in [0.15, 0.2) is 48.5 Å². The highest BCUT2D eigenvalue weighted by atomic mass is 35.5. The number of amides is 1. The summed E-state index contributed by atoms with van der Waals surface area (Å²) in [4.78, 5) is 25.0. The average molecular weight is 388 g/mol. The van der Waals surface area contributed by atoms with Crippen molar-refractivity contribution in [2.75, 3.05) is 19.0 Å². The first-order valence-electron chi connectivity index (χ1n) is 8.91. The number of benzene rings is 2. The van der Waals surface area contributed by atoms with Crippen molar-refractivity contribution in [1.82, 2.24) is 0 Å². The van der Waals surface area contributed by atoms with Gasteiger partial charge in [-0.2, -0.15) is 0 Å². The standard InChI is InChI=1S/C21H22ClNO4/c1-26-18-6-4-5-17(13-18)23-19(24)14-27-20(25)21(11-2-3-12-21)15-7-9-16(22)10-8-15/h4-10,13H,2-3,11-12,14H2,1H3,(H,23,24). The molecule has 0 heterocycles. The molecule has 1 fully saturated rings. The van der Waals surface area contributed by atoms with Crippen LogP contribution in [0.25, 0.3) is 0 Å². The van der Waals surface area contributed by atoms with Gasteiger partial charge >= 0.3 is 5.97 Å². The van der Waals surface area contributed by atoms with Crippen LogP contribution in [0.2, 0.25) is 5.02 Å². The molecule has 2 aromatic rings. The van der Waals surface area contributed by atoms with Gasteiger partial charge in [-0.05, 0) is 42.7 Å². The topological polar surface area (TPSA) is 64.6 Å². The van der Waals surface area contributed by atoms with E-state index >= 15 is 0 Å². The molecule has 1 N–H and O–H groups in total. The van der Waals surface area contributed by atoms with Gasteiger partial charge in [0.1, 0.15) is 5.75 Å². The molecule has 0 aromatic heterocycles. The van der Waals surface area contributed by atoms with Crippen molar-refractivity contribution >= 4 is 29.2 Å². The lowest BCUT2D eigenvalue weighted by Crippen LogP contribution is -2.36. The highest BCUT2D eigenvalue weighted by molar-refractivity contribution is 6.30. The lowest BCUT2D eigenvalue weighted by atomic mass is 9.79. The number of rotatable bonds is 6. The van der Waals surface area contributed by atoms with E-state index < -0.39 is 5.41 Å². The van der Waals surface area contributed by atoms with Crippen molar-refractivity contribution in [2.45, 2.75) is 31.1 Å². The van der Waals surface area contributed by atoms with Gasteiger partial charge in [-0.1, -0.05) is 42.6 Å². The van der Waals surface area contributed by atoms with Crippen LogP contribution in [-0.4, -0.2) is 25.6 Å². The summed E-state index contributed by atoms with van der Waals surface area (Å²) in [5.41, 5.74) is 0.784. The van der Waals surface area contributed by atoms with Crippen molar-refractivity contribution in [2.24, 2.45) is 0 Å². The number of anilines is 1. The fourth-order valence-electron chi connectivity index (χ4n) is 3.53. The fraction of sp³-hybridized carbons (Fsp3) is 0.333. The van der Waals surface area contributed by atoms with Crippen molar-refractivity contribution in [3.8, 4) is 5.75 Å². The molecule has 0 saturated heterocycles. The van der Waals surface area contributed by atoms with Crippen LogP contribution >= 0.6 is 11.6 Å². The summed E-state index contributed by atoms with van der Waals surface area (Å²) in [6, 6.07) is 14.3. The molecule has 1 amide bonds. The van der Waals surface area contributed by atoms with E-state index in [4.69, 9.17) is 21.1 Å². The van der Waals surface area contributed by atoms with Crippen molar-refractivity contribution in [3.05, 3.63) is 59.1 Å². The minimum atomic E-state index is -0.694. The first-order valence-corrected chi connectivity index (χ1v) is 9.28. The molecule has 1 saturated carbocycles. The van der Waals surface area contributed by atoms with Gasteiger partial charge in [0, 0.05) is 16.8 Å². The highest BCUT2D eigenvalue weighted by Crippen LogP contribution is 2.42. The Balaban J connectivity index is 1.64. The normalized spacial score (nSPS) is 15.2. The fourth-order valence-corrected chi connectivity index (χ4v) is 3.65. The zero-order valence-electron chi connectivity index (χ0n) is 15.2. The van der Waals surface area contributed by atoms with Crippen LogP contribution in [0.5, 0.6) is 5.75 Å². The Hall–Kier alpha value is -2.53. The molecule has 2 aromatic carbocycles. The SMILES string of the molecule is COc1cccc(NC(=O)COC(=O)C2(c3ccc(Cl)cc3)CCCC2)c1. The Morgan fingerprint density at radius 1 is 1.11 bits per heavy atom. The van der Waals surface area contributed by atoms with E-state index in [-0.39, 0.29) is 18.5 Å². The van der Waals surface area contributed by atoms with E-state index in [0.717, 1.165) is 18.4 Å². The van der Waals surface area contributed by atoms with Crippen molar-refractivity contribution < 1.29 is 19.1 Å². The highest BCUT2D eigenvalue weighted by Gasteiger charge is 2.44. The second-order valence-electron chi connectivity index (χ2n) is 6.65. The van der Waals surface area contributed by atoms with Crippen LogP contribution in [0.3, 0.4) is 0 Å². The van der Waals surface area contributed by atoms with Gasteiger partial charge in [0.15, 0.2) is 6.61 Å². The third-order valence-electron chi connectivity index (χ3n) is 4.93. The summed E-state index contributed by atoms with van der Waals surface area (Å²) in [7, 11) is 1.56. The van der Waals surface area contributed by atoms with Crippen LogP contribution in [-0.2, 0) is 19.7 Å². The zero-order valence-corrected chi connectivity index (χ0v) is 15.9. The monoisotopic (exact) mass is 387 g/mol. The number of halogens is 1. The van der Waals surface area contributed by atoms with E-state index in [2.05, 4.69) is 5.32 Å². The van der Waals surface area contributed by atoms with Gasteiger partial charge in [-0.15, -0.1) is 0 Å². The van der Waals surface area contributed by atoms with E-state index in [1.165, 1.54) is 0 Å². The van der Waals surface area contributed by atoms with Gasteiger partial charge in [-0.25, -0.2) is 0 Å². The second kappa shape index (κ2) is 8.44. The number of esters is 1. The van der Waals surface area contributed by atoms with Crippen molar-refractivity contribution in [1.29, 1.82) is 0 Å². The molecule has 6 heteroatoms. The molecule has 5 nitrogen and oxygen atoms in total. The number of nitrogens with one attached hydrogen (secondary N) is 1. The average Bonchev–Trinajstić information content (AvgIpc) is 3.18. The molecule has 1 aliphatic carbocycles. The lowest BCUT2D eigenvalue weighted by Gasteiger charge is -2.27. The first-order chi connectivity index (χ1) is 13.0. The Labute approximate surface area is 163 Å². The number of carbonyl (C=O) groups is 2. The molecule has 0 bridgehead atoms. The quantitative estimate of drug-likeness (QED) is 0.749. The Morgan fingerprint density at radius 2 is 1.81 bits per heavy atom. The van der Waals surface area contributed by atoms with Crippen LogP contribution in [0, 0.1) is 0 Å². The summed E-state index contributed by atoms with van der Waals surface area (Å²) in [5, 5.41) is 3.33. The minimum absolute atomic E-state index is 0.328. The van der Waals surface area contributed by atoms with Gasteiger partial charge < -0.3 is 14.8 Å². The van der Waals surface area contributed by atoms with Crippen LogP contribution in [0.1, 0.15) is 31.2 Å². The van der Waals surface area contributed by atoms with E-state index in [1.807, 2.05) is 12.1 Å². The van der Waals surface area contributed by atoms with E-state index in [9.17, 15) is 9.59 Å². The molecule has 0 atom stereocenters. The Bertz CT molecular complexity index is 813. The summed E-state index contributed by atoms with van der Waals surface area (Å²) in [6.45, 7) is -0.328. The van der Waals surface area contributed by atoms with Gasteiger partial charge in [0.05, 0.1) is 12.5 Å². The summed E-state index contributed by atoms with van der Waals surface area (Å²) in [6.07, 6.45) is 3.33. The molecule has 142 valence electrons. The van der Waals surface area contributed by atoms with E-state index in [1.54, 1.807) is 43.5 Å². The number of hydrogen-bond acceptors (Lipinski definition) is 4. The largest absolute Gasteiger partial charge is 0.497 e. The van der Waals surface area contributed by atoms with Gasteiger partial charge in [0.25, 0.3) is 5.91 Å². The zero-order chi connectivity index (χ0) is 19.3. The summed E-state index contributed by atoms with van der Waals surface area (Å²) in [5.74, 6) is -0.110. The molecule has 0 spiro atoms. The molecular formula is C21H22ClNO4. The minimum Gasteiger partial charge on any atom is -0.497 e. The Kier molecular flexibility index (Phi) is 6.01. The molecule has 27 heavy (non-hydrogen) atoms. The second-order valence-corrected chi connectivity index (χ2v) is 7.09. The maximum Gasteiger partial charge on any atom is 0.317 e. The van der Waals surface area contributed by atoms with E-state index in [0.29, 0.717) is 29.3 Å². The summed E-state index contributed by atoms with van der Waals surface area (Å²) >= 11 is 5.97. The molecular weight excluding hydrogens is 366 g/mol. The number of ether oxygens (including phenoxy) is 2. The smallest absolute Gasteiger partial charge is 0.317 e. The van der Waals surface area contributed by atoms with Gasteiger partial charge in [0.2, 0.25) is 0 Å². The molecule has 3 rings (SSSR count). The molecule has 0 aliphatic heterocycles. The predicted octanol–water partition coefficient (Wildman–Crippen LogP) is 4.34. The molecule has 0 unspecified atom stereocenters. The molecule has 0 radical (unpaired) electrons. The van der Waals surface area contributed by atoms with Crippen molar-refractivity contribution in [3.63, 3.8) is 0 Å². The number of methoxy groups -OCH3 is 1. The third kappa shape index (κ3) is 4.42. The third-order valence-corrected chi connectivity index (χ3v) is 5.18. The predicted molar refractivity (Wildman–Crippen MR) is 104 cm³/mol.